The predicted molar refractivity (Wildman–Crippen MR) is 82.6 cm³/mol. The number of nitrogens with zero attached hydrogens (tertiary/aromatic N) is 1. The second-order valence-corrected chi connectivity index (χ2v) is 9.45. The Kier molecular flexibility index (Phi) is 6.34. The summed E-state index contributed by atoms with van der Waals surface area (Å²) in [5, 5.41) is -0.464. The third-order valence-corrected chi connectivity index (χ3v) is 6.36. The molecule has 5 nitrogen and oxygen atoms in total. The fraction of sp³-hybridized carbons (Fsp3) is 0.923. The van der Waals surface area contributed by atoms with E-state index in [1.165, 1.54) is 0 Å². The molecule has 1 unspecified atom stereocenters. The Morgan fingerprint density at radius 3 is 2.60 bits per heavy atom. The first-order valence-corrected chi connectivity index (χ1v) is 9.78. The van der Waals surface area contributed by atoms with Crippen molar-refractivity contribution in [1.82, 2.24) is 4.90 Å². The summed E-state index contributed by atoms with van der Waals surface area (Å²) in [6, 6.07) is 0. The molecule has 1 atom stereocenters. The molecule has 0 N–H and O–H groups in total. The lowest BCUT2D eigenvalue weighted by Gasteiger charge is -2.34. The molecular weight excluding hydrogens is 298 g/mol. The number of carbonyl (C=O) groups is 1. The Balaban J connectivity index is 2.58. The molecule has 0 amide bonds. The van der Waals surface area contributed by atoms with Crippen LogP contribution in [0.2, 0.25) is 0 Å². The van der Waals surface area contributed by atoms with Gasteiger partial charge in [-0.15, -0.1) is 0 Å². The minimum atomic E-state index is -3.10. The standard InChI is InChI=1S/C13H25NO4S2/c1-5-20(16,17)11-10-19-9-8-14(11)7-6-12(15)18-13(2,3)4/h11H,5-10H2,1-4H3. The highest BCUT2D eigenvalue weighted by Gasteiger charge is 2.33. The molecule has 0 spiro atoms. The van der Waals surface area contributed by atoms with Gasteiger partial charge in [0.1, 0.15) is 11.0 Å². The molecule has 0 bridgehead atoms. The van der Waals surface area contributed by atoms with Crippen molar-refractivity contribution < 1.29 is 17.9 Å². The van der Waals surface area contributed by atoms with Crippen LogP contribution in [0, 0.1) is 0 Å². The predicted octanol–water partition coefficient (Wildman–Crippen LogP) is 1.53. The number of rotatable bonds is 5. The minimum absolute atomic E-state index is 0.140. The van der Waals surface area contributed by atoms with Crippen molar-refractivity contribution in [3.8, 4) is 0 Å². The number of carbonyl (C=O) groups excluding carboxylic acids is 1. The maximum atomic E-state index is 12.1. The van der Waals surface area contributed by atoms with Crippen molar-refractivity contribution in [3.63, 3.8) is 0 Å². The van der Waals surface area contributed by atoms with Crippen molar-refractivity contribution in [2.24, 2.45) is 0 Å². The van der Waals surface area contributed by atoms with E-state index in [9.17, 15) is 13.2 Å². The summed E-state index contributed by atoms with van der Waals surface area (Å²) >= 11 is 1.66. The van der Waals surface area contributed by atoms with E-state index < -0.39 is 20.8 Å². The molecule has 118 valence electrons. The Morgan fingerprint density at radius 2 is 2.05 bits per heavy atom. The van der Waals surface area contributed by atoms with Crippen LogP contribution in [0.1, 0.15) is 34.1 Å². The zero-order valence-electron chi connectivity index (χ0n) is 12.7. The Bertz CT molecular complexity index is 428. The first kappa shape index (κ1) is 17.8. The van der Waals surface area contributed by atoms with Gasteiger partial charge in [-0.3, -0.25) is 9.69 Å². The van der Waals surface area contributed by atoms with Crippen LogP contribution >= 0.6 is 11.8 Å². The van der Waals surface area contributed by atoms with Gasteiger partial charge in [-0.2, -0.15) is 11.8 Å². The van der Waals surface area contributed by atoms with Crippen LogP contribution in [0.3, 0.4) is 0 Å². The molecule has 1 fully saturated rings. The van der Waals surface area contributed by atoms with Gasteiger partial charge in [0.2, 0.25) is 0 Å². The summed E-state index contributed by atoms with van der Waals surface area (Å²) in [6.45, 7) is 8.30. The smallest absolute Gasteiger partial charge is 0.307 e. The lowest BCUT2D eigenvalue weighted by Crippen LogP contribution is -2.48. The topological polar surface area (TPSA) is 63.7 Å². The molecule has 0 aromatic carbocycles. The highest BCUT2D eigenvalue weighted by molar-refractivity contribution is 8.01. The van der Waals surface area contributed by atoms with Crippen LogP contribution in [0.25, 0.3) is 0 Å². The van der Waals surface area contributed by atoms with Crippen molar-refractivity contribution in [2.75, 3.05) is 30.3 Å². The number of hydrogen-bond donors (Lipinski definition) is 0. The number of thioether (sulfide) groups is 1. The van der Waals surface area contributed by atoms with Gasteiger partial charge in [0, 0.05) is 30.3 Å². The number of ether oxygens (including phenoxy) is 1. The zero-order chi connectivity index (χ0) is 15.4. The molecule has 0 aromatic heterocycles. The zero-order valence-corrected chi connectivity index (χ0v) is 14.3. The molecule has 7 heteroatoms. The van der Waals surface area contributed by atoms with E-state index >= 15 is 0 Å². The van der Waals surface area contributed by atoms with Crippen LogP contribution in [0.4, 0.5) is 0 Å². The maximum absolute atomic E-state index is 12.1. The summed E-state index contributed by atoms with van der Waals surface area (Å²) in [6.07, 6.45) is 0.234. The molecule has 20 heavy (non-hydrogen) atoms. The Labute approximate surface area is 126 Å². The molecule has 0 aliphatic carbocycles. The summed E-state index contributed by atoms with van der Waals surface area (Å²) in [4.78, 5) is 13.6. The fourth-order valence-corrected chi connectivity index (χ4v) is 5.13. The number of sulfone groups is 1. The molecule has 1 heterocycles. The van der Waals surface area contributed by atoms with Crippen LogP contribution in [0.15, 0.2) is 0 Å². The third-order valence-electron chi connectivity index (χ3n) is 3.03. The average Bonchev–Trinajstić information content (AvgIpc) is 2.34. The van der Waals surface area contributed by atoms with Crippen molar-refractivity contribution in [1.29, 1.82) is 0 Å². The first-order valence-electron chi connectivity index (χ1n) is 6.91. The number of esters is 1. The van der Waals surface area contributed by atoms with Crippen molar-refractivity contribution >= 4 is 27.6 Å². The maximum Gasteiger partial charge on any atom is 0.307 e. The van der Waals surface area contributed by atoms with Gasteiger partial charge >= 0.3 is 5.97 Å². The van der Waals surface area contributed by atoms with E-state index in [2.05, 4.69) is 0 Å². The second-order valence-electron chi connectivity index (χ2n) is 5.85. The van der Waals surface area contributed by atoms with Gasteiger partial charge in [-0.1, -0.05) is 6.92 Å². The lowest BCUT2D eigenvalue weighted by molar-refractivity contribution is -0.155. The molecule has 1 aliphatic heterocycles. The highest BCUT2D eigenvalue weighted by Crippen LogP contribution is 2.21. The van der Waals surface area contributed by atoms with Crippen LogP contribution < -0.4 is 0 Å². The van der Waals surface area contributed by atoms with E-state index in [-0.39, 0.29) is 18.1 Å². The van der Waals surface area contributed by atoms with Crippen LogP contribution in [-0.4, -0.2) is 60.6 Å². The van der Waals surface area contributed by atoms with Gasteiger partial charge in [0.05, 0.1) is 6.42 Å². The Morgan fingerprint density at radius 1 is 1.40 bits per heavy atom. The molecule has 0 aromatic rings. The van der Waals surface area contributed by atoms with Crippen LogP contribution in [0.5, 0.6) is 0 Å². The number of hydrogen-bond acceptors (Lipinski definition) is 6. The van der Waals surface area contributed by atoms with Crippen molar-refractivity contribution in [3.05, 3.63) is 0 Å². The molecule has 0 radical (unpaired) electrons. The van der Waals surface area contributed by atoms with Gasteiger partial charge in [0.25, 0.3) is 0 Å². The van der Waals surface area contributed by atoms with Gasteiger partial charge in [-0.25, -0.2) is 8.42 Å². The lowest BCUT2D eigenvalue weighted by atomic mass is 10.2. The van der Waals surface area contributed by atoms with E-state index in [0.29, 0.717) is 18.8 Å². The highest BCUT2D eigenvalue weighted by atomic mass is 32.2. The quantitative estimate of drug-likeness (QED) is 0.715. The fourth-order valence-electron chi connectivity index (χ4n) is 2.02. The van der Waals surface area contributed by atoms with Crippen LogP contribution in [-0.2, 0) is 19.4 Å². The van der Waals surface area contributed by atoms with Gasteiger partial charge in [-0.05, 0) is 20.8 Å². The van der Waals surface area contributed by atoms with Gasteiger partial charge < -0.3 is 4.74 Å². The summed E-state index contributed by atoms with van der Waals surface area (Å²) in [5.74, 6) is 1.36. The summed E-state index contributed by atoms with van der Waals surface area (Å²) < 4.78 is 29.4. The Hall–Kier alpha value is -0.270. The van der Waals surface area contributed by atoms with E-state index in [1.54, 1.807) is 18.7 Å². The summed E-state index contributed by atoms with van der Waals surface area (Å²) in [5.41, 5.74) is -0.496. The van der Waals surface area contributed by atoms with E-state index in [4.69, 9.17) is 4.74 Å². The minimum Gasteiger partial charge on any atom is -0.460 e. The largest absolute Gasteiger partial charge is 0.460 e. The summed E-state index contributed by atoms with van der Waals surface area (Å²) in [7, 11) is -3.10. The third kappa shape index (κ3) is 5.61. The SMILES string of the molecule is CCS(=O)(=O)C1CSCCN1CCC(=O)OC(C)(C)C. The molecule has 1 rings (SSSR count). The normalized spacial score (nSPS) is 21.7. The van der Waals surface area contributed by atoms with Gasteiger partial charge in [0.15, 0.2) is 9.84 Å². The molecule has 1 saturated heterocycles. The second kappa shape index (κ2) is 7.13. The monoisotopic (exact) mass is 323 g/mol. The van der Waals surface area contributed by atoms with E-state index in [1.807, 2.05) is 25.7 Å². The van der Waals surface area contributed by atoms with Crippen molar-refractivity contribution in [2.45, 2.75) is 45.1 Å². The molecule has 1 aliphatic rings. The molecule has 0 saturated carbocycles. The first-order chi connectivity index (χ1) is 9.15. The van der Waals surface area contributed by atoms with E-state index in [0.717, 1.165) is 5.75 Å². The average molecular weight is 323 g/mol. The molecular formula is C13H25NO4S2.